The van der Waals surface area contributed by atoms with Gasteiger partial charge in [0.2, 0.25) is 5.16 Å². The number of aromatic nitrogens is 4. The molecule has 0 atom stereocenters. The first kappa shape index (κ1) is 26.8. The fourth-order valence-electron chi connectivity index (χ4n) is 3.30. The Hall–Kier alpha value is -2.78. The number of para-hydroxylation sites is 1. The van der Waals surface area contributed by atoms with Gasteiger partial charge in [-0.3, -0.25) is 0 Å². The molecule has 4 aromatic rings. The lowest BCUT2D eigenvalue weighted by molar-refractivity contribution is 0.269. The number of halogens is 2. The highest BCUT2D eigenvalue weighted by molar-refractivity contribution is 7.99. The zero-order chi connectivity index (χ0) is 23.6. The molecule has 10 heteroatoms. The van der Waals surface area contributed by atoms with Gasteiger partial charge in [0.25, 0.3) is 0 Å². The van der Waals surface area contributed by atoms with E-state index >= 15 is 0 Å². The van der Waals surface area contributed by atoms with Crippen LogP contribution in [-0.4, -0.2) is 39.1 Å². The van der Waals surface area contributed by atoms with Crippen LogP contribution in [-0.2, 0) is 13.2 Å². The number of hydrogen-bond donors (Lipinski definition) is 1. The van der Waals surface area contributed by atoms with E-state index < -0.39 is 0 Å². The van der Waals surface area contributed by atoms with Gasteiger partial charge < -0.3 is 14.8 Å². The second-order valence-corrected chi connectivity index (χ2v) is 8.82. The van der Waals surface area contributed by atoms with Crippen molar-refractivity contribution in [3.8, 4) is 17.2 Å². The average molecular weight is 532 g/mol. The van der Waals surface area contributed by atoms with Crippen molar-refractivity contribution in [1.82, 2.24) is 25.5 Å². The summed E-state index contributed by atoms with van der Waals surface area (Å²) < 4.78 is 13.5. The average Bonchev–Trinajstić information content (AvgIpc) is 3.33. The van der Waals surface area contributed by atoms with Crippen molar-refractivity contribution in [1.29, 1.82) is 0 Å². The number of rotatable bonds is 12. The van der Waals surface area contributed by atoms with Gasteiger partial charge in [-0.25, -0.2) is 0 Å². The topological polar surface area (TPSA) is 74.1 Å². The lowest BCUT2D eigenvalue weighted by Gasteiger charge is -2.15. The van der Waals surface area contributed by atoms with E-state index in [9.17, 15) is 0 Å². The molecule has 1 N–H and O–H groups in total. The van der Waals surface area contributed by atoms with Gasteiger partial charge in [0, 0.05) is 18.8 Å². The molecule has 0 fully saturated rings. The normalized spacial score (nSPS) is 10.6. The van der Waals surface area contributed by atoms with E-state index in [1.54, 1.807) is 16.4 Å². The maximum absolute atomic E-state index is 6.56. The first-order chi connectivity index (χ1) is 16.7. The van der Waals surface area contributed by atoms with Crippen LogP contribution in [0.4, 0.5) is 0 Å². The van der Waals surface area contributed by atoms with E-state index in [-0.39, 0.29) is 12.4 Å². The fourth-order valence-corrected chi connectivity index (χ4v) is 4.38. The molecule has 0 amide bonds. The fraction of sp³-hybridized carbons (Fsp3) is 0.240. The standard InChI is InChI=1S/C25H26ClN5O2S.ClH/c1-2-32-23-16-20(15-22(26)24(23)33-18-19-9-5-3-6-10-19)17-27-13-14-34-25-28-29-30-31(25)21-11-7-4-8-12-21;/h3-12,15-16,27H,2,13-14,17-18H2,1H3;1H. The number of thioether (sulfide) groups is 1. The number of benzene rings is 3. The molecule has 0 spiro atoms. The first-order valence-electron chi connectivity index (χ1n) is 11.0. The van der Waals surface area contributed by atoms with E-state index in [1.807, 2.05) is 79.7 Å². The molecule has 0 unspecified atom stereocenters. The first-order valence-corrected chi connectivity index (χ1v) is 12.4. The summed E-state index contributed by atoms with van der Waals surface area (Å²) >= 11 is 8.16. The Balaban J connectivity index is 0.00000342. The van der Waals surface area contributed by atoms with E-state index in [1.165, 1.54) is 0 Å². The Labute approximate surface area is 220 Å². The van der Waals surface area contributed by atoms with Crippen molar-refractivity contribution in [2.75, 3.05) is 18.9 Å². The Bertz CT molecular complexity index is 1180. The Morgan fingerprint density at radius 2 is 1.71 bits per heavy atom. The molecule has 0 aliphatic heterocycles. The van der Waals surface area contributed by atoms with Crippen LogP contribution in [0.15, 0.2) is 78.0 Å². The van der Waals surface area contributed by atoms with E-state index in [2.05, 4.69) is 20.8 Å². The summed E-state index contributed by atoms with van der Waals surface area (Å²) in [6, 6.07) is 23.7. The van der Waals surface area contributed by atoms with Crippen LogP contribution >= 0.6 is 35.8 Å². The molecule has 0 radical (unpaired) electrons. The van der Waals surface area contributed by atoms with Crippen molar-refractivity contribution in [3.05, 3.63) is 88.9 Å². The predicted molar refractivity (Wildman–Crippen MR) is 142 cm³/mol. The van der Waals surface area contributed by atoms with Gasteiger partial charge in [-0.2, -0.15) is 4.68 Å². The molecule has 184 valence electrons. The molecule has 35 heavy (non-hydrogen) atoms. The largest absolute Gasteiger partial charge is 0.490 e. The summed E-state index contributed by atoms with van der Waals surface area (Å²) in [7, 11) is 0. The highest BCUT2D eigenvalue weighted by Gasteiger charge is 2.13. The molecule has 0 saturated heterocycles. The number of nitrogens with one attached hydrogen (secondary N) is 1. The van der Waals surface area contributed by atoms with Gasteiger partial charge >= 0.3 is 0 Å². The number of ether oxygens (including phenoxy) is 2. The van der Waals surface area contributed by atoms with Crippen molar-refractivity contribution in [2.24, 2.45) is 0 Å². The molecule has 0 bridgehead atoms. The second-order valence-electron chi connectivity index (χ2n) is 7.35. The molecular weight excluding hydrogens is 505 g/mol. The highest BCUT2D eigenvalue weighted by atomic mass is 35.5. The van der Waals surface area contributed by atoms with Crippen molar-refractivity contribution < 1.29 is 9.47 Å². The third-order valence-corrected chi connectivity index (χ3v) is 6.08. The van der Waals surface area contributed by atoms with Crippen LogP contribution < -0.4 is 14.8 Å². The van der Waals surface area contributed by atoms with Crippen molar-refractivity contribution in [3.63, 3.8) is 0 Å². The predicted octanol–water partition coefficient (Wildman–Crippen LogP) is 5.60. The molecule has 1 heterocycles. The summed E-state index contributed by atoms with van der Waals surface area (Å²) in [4.78, 5) is 0. The minimum Gasteiger partial charge on any atom is -0.490 e. The number of hydrogen-bond acceptors (Lipinski definition) is 7. The van der Waals surface area contributed by atoms with Gasteiger partial charge in [0.05, 0.1) is 17.3 Å². The summed E-state index contributed by atoms with van der Waals surface area (Å²) in [5.74, 6) is 2.04. The van der Waals surface area contributed by atoms with Crippen LogP contribution in [0, 0.1) is 0 Å². The van der Waals surface area contributed by atoms with Crippen LogP contribution in [0.25, 0.3) is 5.69 Å². The van der Waals surface area contributed by atoms with Gasteiger partial charge in [0.15, 0.2) is 11.5 Å². The van der Waals surface area contributed by atoms with E-state index in [0.29, 0.717) is 36.3 Å². The highest BCUT2D eigenvalue weighted by Crippen LogP contribution is 2.37. The van der Waals surface area contributed by atoms with Crippen molar-refractivity contribution >= 4 is 35.8 Å². The van der Waals surface area contributed by atoms with Gasteiger partial charge in [0.1, 0.15) is 6.61 Å². The molecule has 4 rings (SSSR count). The second kappa shape index (κ2) is 13.9. The number of nitrogens with zero attached hydrogens (tertiary/aromatic N) is 4. The molecule has 0 aliphatic carbocycles. The van der Waals surface area contributed by atoms with Crippen LogP contribution in [0.3, 0.4) is 0 Å². The third kappa shape index (κ3) is 7.60. The Morgan fingerprint density at radius 3 is 2.46 bits per heavy atom. The van der Waals surface area contributed by atoms with Gasteiger partial charge in [-0.05, 0) is 52.7 Å². The molecule has 3 aromatic carbocycles. The van der Waals surface area contributed by atoms with E-state index in [0.717, 1.165) is 34.3 Å². The quantitative estimate of drug-likeness (QED) is 0.188. The maximum Gasteiger partial charge on any atom is 0.214 e. The Kier molecular flexibility index (Phi) is 10.7. The summed E-state index contributed by atoms with van der Waals surface area (Å²) in [6.07, 6.45) is 0. The lowest BCUT2D eigenvalue weighted by Crippen LogP contribution is -2.17. The Morgan fingerprint density at radius 1 is 0.971 bits per heavy atom. The summed E-state index contributed by atoms with van der Waals surface area (Å²) in [5.41, 5.74) is 3.04. The zero-order valence-electron chi connectivity index (χ0n) is 19.3. The number of tetrazole rings is 1. The van der Waals surface area contributed by atoms with Gasteiger partial charge in [-0.15, -0.1) is 17.5 Å². The minimum absolute atomic E-state index is 0. The molecule has 1 aromatic heterocycles. The molecule has 7 nitrogen and oxygen atoms in total. The molecular formula is C25H27Cl2N5O2S. The SMILES string of the molecule is CCOc1cc(CNCCSc2nnnn2-c2ccccc2)cc(Cl)c1OCc1ccccc1.Cl. The smallest absolute Gasteiger partial charge is 0.214 e. The van der Waals surface area contributed by atoms with Gasteiger partial charge in [-0.1, -0.05) is 71.9 Å². The third-order valence-electron chi connectivity index (χ3n) is 4.88. The molecule has 0 aliphatic rings. The maximum atomic E-state index is 6.56. The van der Waals surface area contributed by atoms with Crippen LogP contribution in [0.2, 0.25) is 5.02 Å². The lowest BCUT2D eigenvalue weighted by atomic mass is 10.2. The monoisotopic (exact) mass is 531 g/mol. The summed E-state index contributed by atoms with van der Waals surface area (Å²) in [5, 5.41) is 16.8. The minimum atomic E-state index is 0. The summed E-state index contributed by atoms with van der Waals surface area (Å²) in [6.45, 7) is 4.34. The van der Waals surface area contributed by atoms with Crippen LogP contribution in [0.1, 0.15) is 18.1 Å². The van der Waals surface area contributed by atoms with Crippen molar-refractivity contribution in [2.45, 2.75) is 25.2 Å². The van der Waals surface area contributed by atoms with Crippen LogP contribution in [0.5, 0.6) is 11.5 Å². The zero-order valence-corrected chi connectivity index (χ0v) is 21.7. The molecule has 0 saturated carbocycles. The van der Waals surface area contributed by atoms with E-state index in [4.69, 9.17) is 21.1 Å².